The van der Waals surface area contributed by atoms with Crippen LogP contribution in [0.1, 0.15) is 32.3 Å². The Kier molecular flexibility index (Phi) is 5.77. The highest BCUT2D eigenvalue weighted by Gasteiger charge is 1.98. The van der Waals surface area contributed by atoms with Gasteiger partial charge < -0.3 is 4.74 Å². The van der Waals surface area contributed by atoms with Gasteiger partial charge in [-0.15, -0.1) is 0 Å². The van der Waals surface area contributed by atoms with Crippen molar-refractivity contribution < 1.29 is 4.74 Å². The molecule has 0 saturated heterocycles. The van der Waals surface area contributed by atoms with Gasteiger partial charge in [0.1, 0.15) is 5.75 Å². The van der Waals surface area contributed by atoms with Crippen molar-refractivity contribution in [2.24, 2.45) is 0 Å². The van der Waals surface area contributed by atoms with Crippen LogP contribution in [-0.2, 0) is 6.42 Å². The molecule has 0 aliphatic rings. The second-order valence-corrected chi connectivity index (χ2v) is 5.38. The summed E-state index contributed by atoms with van der Waals surface area (Å²) in [5.41, 5.74) is 1.38. The summed E-state index contributed by atoms with van der Waals surface area (Å²) in [6.45, 7) is 5.10. The number of hydrogen-bond acceptors (Lipinski definition) is 1. The monoisotopic (exact) mass is 270 g/mol. The van der Waals surface area contributed by atoms with E-state index in [9.17, 15) is 0 Å². The molecule has 1 rings (SSSR count). The van der Waals surface area contributed by atoms with E-state index in [2.05, 4.69) is 54.0 Å². The third-order valence-corrected chi connectivity index (χ3v) is 2.68. The number of aryl methyl sites for hydroxylation is 1. The normalized spacial score (nSPS) is 12.5. The molecule has 0 bridgehead atoms. The van der Waals surface area contributed by atoms with Crippen molar-refractivity contribution in [3.05, 3.63) is 29.8 Å². The number of alkyl halides is 1. The Morgan fingerprint density at radius 2 is 1.93 bits per heavy atom. The van der Waals surface area contributed by atoms with E-state index in [1.807, 2.05) is 0 Å². The molecule has 1 aromatic carbocycles. The van der Waals surface area contributed by atoms with E-state index in [0.29, 0.717) is 4.83 Å². The van der Waals surface area contributed by atoms with Gasteiger partial charge >= 0.3 is 0 Å². The summed E-state index contributed by atoms with van der Waals surface area (Å²) in [6, 6.07) is 8.43. The Morgan fingerprint density at radius 3 is 2.47 bits per heavy atom. The van der Waals surface area contributed by atoms with Crippen LogP contribution in [0.4, 0.5) is 0 Å². The first kappa shape index (κ1) is 12.6. The minimum absolute atomic E-state index is 0.591. The molecule has 0 aromatic heterocycles. The van der Waals surface area contributed by atoms with Gasteiger partial charge in [-0.3, -0.25) is 0 Å². The van der Waals surface area contributed by atoms with Crippen LogP contribution in [0.25, 0.3) is 0 Å². The molecule has 2 heteroatoms. The van der Waals surface area contributed by atoms with E-state index in [1.165, 1.54) is 12.0 Å². The first-order chi connectivity index (χ1) is 7.22. The molecule has 0 N–H and O–H groups in total. The Morgan fingerprint density at radius 1 is 1.27 bits per heavy atom. The molecule has 1 nitrogen and oxygen atoms in total. The van der Waals surface area contributed by atoms with E-state index in [0.717, 1.165) is 25.2 Å². The molecule has 0 spiro atoms. The first-order valence-electron chi connectivity index (χ1n) is 5.58. The highest BCUT2D eigenvalue weighted by molar-refractivity contribution is 9.09. The molecule has 1 unspecified atom stereocenters. The van der Waals surface area contributed by atoms with Gasteiger partial charge in [0.15, 0.2) is 0 Å². The van der Waals surface area contributed by atoms with Crippen molar-refractivity contribution in [2.75, 3.05) is 6.61 Å². The molecule has 0 radical (unpaired) electrons. The highest BCUT2D eigenvalue weighted by atomic mass is 79.9. The molecule has 0 heterocycles. The van der Waals surface area contributed by atoms with Gasteiger partial charge in [-0.05, 0) is 37.0 Å². The molecule has 0 fully saturated rings. The van der Waals surface area contributed by atoms with Crippen molar-refractivity contribution >= 4 is 15.9 Å². The van der Waals surface area contributed by atoms with E-state index < -0.39 is 0 Å². The maximum atomic E-state index is 5.53. The van der Waals surface area contributed by atoms with Gasteiger partial charge in [0.2, 0.25) is 0 Å². The summed E-state index contributed by atoms with van der Waals surface area (Å²) in [5, 5.41) is 0. The lowest BCUT2D eigenvalue weighted by Gasteiger charge is -2.06. The zero-order valence-corrected chi connectivity index (χ0v) is 11.1. The van der Waals surface area contributed by atoms with Gasteiger partial charge in [-0.2, -0.15) is 0 Å². The summed E-state index contributed by atoms with van der Waals surface area (Å²) in [5.74, 6) is 0.979. The molecule has 1 aromatic rings. The van der Waals surface area contributed by atoms with Crippen LogP contribution in [-0.4, -0.2) is 11.4 Å². The minimum Gasteiger partial charge on any atom is -0.494 e. The lowest BCUT2D eigenvalue weighted by molar-refractivity contribution is 0.317. The summed E-state index contributed by atoms with van der Waals surface area (Å²) >= 11 is 3.56. The average molecular weight is 271 g/mol. The maximum Gasteiger partial charge on any atom is 0.119 e. The maximum absolute atomic E-state index is 5.53. The van der Waals surface area contributed by atoms with Crippen LogP contribution in [0.2, 0.25) is 0 Å². The summed E-state index contributed by atoms with van der Waals surface area (Å²) < 4.78 is 5.53. The van der Waals surface area contributed by atoms with Crippen LogP contribution >= 0.6 is 15.9 Å². The average Bonchev–Trinajstić information content (AvgIpc) is 2.25. The zero-order chi connectivity index (χ0) is 11.1. The first-order valence-corrected chi connectivity index (χ1v) is 6.49. The molecule has 15 heavy (non-hydrogen) atoms. The van der Waals surface area contributed by atoms with Crippen molar-refractivity contribution in [3.63, 3.8) is 0 Å². The van der Waals surface area contributed by atoms with Crippen molar-refractivity contribution in [1.29, 1.82) is 0 Å². The summed E-state index contributed by atoms with van der Waals surface area (Å²) in [6.07, 6.45) is 3.36. The third kappa shape index (κ3) is 5.22. The van der Waals surface area contributed by atoms with E-state index in [4.69, 9.17) is 4.74 Å². The second kappa shape index (κ2) is 6.89. The fraction of sp³-hybridized carbons (Fsp3) is 0.538. The smallest absolute Gasteiger partial charge is 0.119 e. The lowest BCUT2D eigenvalue weighted by atomic mass is 10.1. The van der Waals surface area contributed by atoms with Gasteiger partial charge in [0.05, 0.1) is 6.61 Å². The van der Waals surface area contributed by atoms with Crippen molar-refractivity contribution in [2.45, 2.75) is 37.9 Å². The summed E-state index contributed by atoms with van der Waals surface area (Å²) in [4.78, 5) is 0.591. The van der Waals surface area contributed by atoms with E-state index in [-0.39, 0.29) is 0 Å². The van der Waals surface area contributed by atoms with E-state index in [1.54, 1.807) is 0 Å². The van der Waals surface area contributed by atoms with Crippen LogP contribution < -0.4 is 4.74 Å². The van der Waals surface area contributed by atoms with Crippen LogP contribution in [0.3, 0.4) is 0 Å². The van der Waals surface area contributed by atoms with Crippen LogP contribution in [0.15, 0.2) is 24.3 Å². The molecule has 0 aliphatic heterocycles. The lowest BCUT2D eigenvalue weighted by Crippen LogP contribution is -1.96. The quantitative estimate of drug-likeness (QED) is 0.705. The number of ether oxygens (including phenoxy) is 1. The Balaban J connectivity index is 2.41. The van der Waals surface area contributed by atoms with Gasteiger partial charge in [-0.1, -0.05) is 41.9 Å². The topological polar surface area (TPSA) is 9.23 Å². The third-order valence-electron chi connectivity index (χ3n) is 2.23. The van der Waals surface area contributed by atoms with Crippen molar-refractivity contribution in [1.82, 2.24) is 0 Å². The molecular weight excluding hydrogens is 252 g/mol. The Hall–Kier alpha value is -0.500. The van der Waals surface area contributed by atoms with Crippen molar-refractivity contribution in [3.8, 4) is 5.75 Å². The predicted octanol–water partition coefficient (Wildman–Crippen LogP) is 4.19. The molecule has 0 aliphatic carbocycles. The fourth-order valence-electron chi connectivity index (χ4n) is 1.34. The molecule has 0 amide bonds. The second-order valence-electron chi connectivity index (χ2n) is 3.81. The van der Waals surface area contributed by atoms with Gasteiger partial charge in [-0.25, -0.2) is 0 Å². The Bertz CT molecular complexity index is 266. The van der Waals surface area contributed by atoms with Gasteiger partial charge in [0, 0.05) is 4.83 Å². The molecule has 1 atom stereocenters. The fourth-order valence-corrected chi connectivity index (χ4v) is 1.57. The van der Waals surface area contributed by atoms with Gasteiger partial charge in [0.25, 0.3) is 0 Å². The number of rotatable bonds is 6. The number of benzene rings is 1. The largest absolute Gasteiger partial charge is 0.494 e. The molecule has 0 saturated carbocycles. The standard InChI is InChI=1S/C13H19BrO/c1-3-10-15-13-8-6-12(7-9-13)5-4-11(2)14/h6-9,11H,3-5,10H2,1-2H3. The van der Waals surface area contributed by atoms with E-state index >= 15 is 0 Å². The SMILES string of the molecule is CCCOc1ccc(CCC(C)Br)cc1. The highest BCUT2D eigenvalue weighted by Crippen LogP contribution is 2.15. The number of halogens is 1. The Labute approximate surface area is 101 Å². The summed E-state index contributed by atoms with van der Waals surface area (Å²) in [7, 11) is 0. The zero-order valence-electron chi connectivity index (χ0n) is 9.50. The molecular formula is C13H19BrO. The molecule has 84 valence electrons. The van der Waals surface area contributed by atoms with Crippen LogP contribution in [0, 0.1) is 0 Å². The predicted molar refractivity (Wildman–Crippen MR) is 68.9 cm³/mol. The minimum atomic E-state index is 0.591. The number of hydrogen-bond donors (Lipinski definition) is 0. The van der Waals surface area contributed by atoms with Crippen LogP contribution in [0.5, 0.6) is 5.75 Å².